The van der Waals surface area contributed by atoms with Gasteiger partial charge in [0.2, 0.25) is 5.91 Å². The quantitative estimate of drug-likeness (QED) is 0.747. The summed E-state index contributed by atoms with van der Waals surface area (Å²) in [5.41, 5.74) is 2.35. The largest absolute Gasteiger partial charge is 0.493 e. The van der Waals surface area contributed by atoms with E-state index in [1.807, 2.05) is 18.2 Å². The van der Waals surface area contributed by atoms with Crippen LogP contribution < -0.4 is 10.1 Å². The van der Waals surface area contributed by atoms with E-state index >= 15 is 0 Å². The SMILES string of the molecule is O=C(Cc1ccc2c(c1)CCO2)Nc1nc(-c2cc(F)ccc2F)cs1. The fraction of sp³-hybridized carbons (Fsp3) is 0.158. The summed E-state index contributed by atoms with van der Waals surface area (Å²) in [5, 5.41) is 4.63. The lowest BCUT2D eigenvalue weighted by Gasteiger charge is -2.04. The number of hydrogen-bond acceptors (Lipinski definition) is 4. The third-order valence-electron chi connectivity index (χ3n) is 4.07. The Morgan fingerprint density at radius 3 is 3.00 bits per heavy atom. The van der Waals surface area contributed by atoms with Crippen LogP contribution in [0.25, 0.3) is 11.3 Å². The van der Waals surface area contributed by atoms with Crippen molar-refractivity contribution < 1.29 is 18.3 Å². The number of benzene rings is 2. The Balaban J connectivity index is 1.45. The van der Waals surface area contributed by atoms with Crippen molar-refractivity contribution in [2.75, 3.05) is 11.9 Å². The monoisotopic (exact) mass is 372 g/mol. The van der Waals surface area contributed by atoms with Crippen LogP contribution in [0.3, 0.4) is 0 Å². The maximum absolute atomic E-state index is 13.8. The van der Waals surface area contributed by atoms with E-state index in [9.17, 15) is 13.6 Å². The number of carbonyl (C=O) groups excluding carboxylic acids is 1. The van der Waals surface area contributed by atoms with Crippen LogP contribution in [0.2, 0.25) is 0 Å². The number of nitrogens with zero attached hydrogens (tertiary/aromatic N) is 1. The first-order chi connectivity index (χ1) is 12.6. The predicted octanol–water partition coefficient (Wildman–Crippen LogP) is 4.20. The van der Waals surface area contributed by atoms with Gasteiger partial charge in [0, 0.05) is 17.4 Å². The molecule has 4 nitrogen and oxygen atoms in total. The van der Waals surface area contributed by atoms with E-state index in [1.165, 1.54) is 11.3 Å². The van der Waals surface area contributed by atoms with Crippen molar-refractivity contribution in [2.24, 2.45) is 0 Å². The molecule has 0 atom stereocenters. The summed E-state index contributed by atoms with van der Waals surface area (Å²) in [6.45, 7) is 0.670. The molecule has 1 aliphatic heterocycles. The zero-order valence-corrected chi connectivity index (χ0v) is 14.4. The van der Waals surface area contributed by atoms with Crippen molar-refractivity contribution in [3.05, 3.63) is 64.5 Å². The Morgan fingerprint density at radius 2 is 2.12 bits per heavy atom. The third kappa shape index (κ3) is 3.43. The van der Waals surface area contributed by atoms with Gasteiger partial charge in [-0.1, -0.05) is 12.1 Å². The number of fused-ring (bicyclic) bond motifs is 1. The minimum atomic E-state index is -0.560. The van der Waals surface area contributed by atoms with E-state index in [0.717, 1.165) is 41.5 Å². The second-order valence-electron chi connectivity index (χ2n) is 5.93. The summed E-state index contributed by atoms with van der Waals surface area (Å²) in [6.07, 6.45) is 1.05. The highest BCUT2D eigenvalue weighted by molar-refractivity contribution is 7.14. The minimum absolute atomic E-state index is 0.0698. The number of nitrogens with one attached hydrogen (secondary N) is 1. The lowest BCUT2D eigenvalue weighted by atomic mass is 10.1. The highest BCUT2D eigenvalue weighted by atomic mass is 32.1. The van der Waals surface area contributed by atoms with E-state index in [2.05, 4.69) is 10.3 Å². The molecule has 4 rings (SSSR count). The van der Waals surface area contributed by atoms with Crippen molar-refractivity contribution in [1.82, 2.24) is 4.98 Å². The number of carbonyl (C=O) groups is 1. The van der Waals surface area contributed by atoms with Crippen LogP contribution in [0.1, 0.15) is 11.1 Å². The van der Waals surface area contributed by atoms with Crippen LogP contribution in [-0.2, 0) is 17.6 Å². The molecule has 7 heteroatoms. The Hall–Kier alpha value is -2.80. The molecule has 132 valence electrons. The van der Waals surface area contributed by atoms with Crippen molar-refractivity contribution >= 4 is 22.4 Å². The number of halogens is 2. The molecule has 1 amide bonds. The predicted molar refractivity (Wildman–Crippen MR) is 95.4 cm³/mol. The average molecular weight is 372 g/mol. The van der Waals surface area contributed by atoms with E-state index in [-0.39, 0.29) is 23.6 Å². The van der Waals surface area contributed by atoms with E-state index in [1.54, 1.807) is 5.38 Å². The van der Waals surface area contributed by atoms with E-state index < -0.39 is 11.6 Å². The Labute approximate surface area is 152 Å². The Bertz CT molecular complexity index is 987. The summed E-state index contributed by atoms with van der Waals surface area (Å²) in [5.74, 6) is -0.448. The second kappa shape index (κ2) is 6.84. The highest BCUT2D eigenvalue weighted by Gasteiger charge is 2.15. The van der Waals surface area contributed by atoms with Gasteiger partial charge in [0.25, 0.3) is 0 Å². The molecule has 0 aliphatic carbocycles. The van der Waals surface area contributed by atoms with Crippen molar-refractivity contribution in [2.45, 2.75) is 12.8 Å². The fourth-order valence-corrected chi connectivity index (χ4v) is 3.57. The van der Waals surface area contributed by atoms with Gasteiger partial charge >= 0.3 is 0 Å². The van der Waals surface area contributed by atoms with Crippen molar-refractivity contribution in [3.63, 3.8) is 0 Å². The molecule has 1 N–H and O–H groups in total. The maximum Gasteiger partial charge on any atom is 0.230 e. The molecule has 0 saturated heterocycles. The standard InChI is InChI=1S/C19H14F2N2O2S/c20-13-2-3-15(21)14(9-13)16-10-26-19(22-16)23-18(24)8-11-1-4-17-12(7-11)5-6-25-17/h1-4,7,9-10H,5-6,8H2,(H,22,23,24). The number of hydrogen-bond donors (Lipinski definition) is 1. The Kier molecular flexibility index (Phi) is 4.38. The minimum Gasteiger partial charge on any atom is -0.493 e. The summed E-state index contributed by atoms with van der Waals surface area (Å²) in [7, 11) is 0. The van der Waals surface area contributed by atoms with Crippen LogP contribution in [0.4, 0.5) is 13.9 Å². The maximum atomic E-state index is 13.8. The first-order valence-corrected chi connectivity index (χ1v) is 8.92. The molecule has 3 aromatic rings. The fourth-order valence-electron chi connectivity index (χ4n) is 2.85. The molecule has 0 unspecified atom stereocenters. The molecule has 0 saturated carbocycles. The lowest BCUT2D eigenvalue weighted by Crippen LogP contribution is -2.14. The average Bonchev–Trinajstić information content (AvgIpc) is 3.25. The van der Waals surface area contributed by atoms with Crippen LogP contribution in [0, 0.1) is 11.6 Å². The third-order valence-corrected chi connectivity index (χ3v) is 4.83. The smallest absolute Gasteiger partial charge is 0.230 e. The molecule has 2 heterocycles. The first-order valence-electron chi connectivity index (χ1n) is 8.04. The molecule has 2 aromatic carbocycles. The number of anilines is 1. The van der Waals surface area contributed by atoms with Gasteiger partial charge in [0.05, 0.1) is 18.7 Å². The van der Waals surface area contributed by atoms with Crippen LogP contribution in [0.5, 0.6) is 5.75 Å². The molecule has 26 heavy (non-hydrogen) atoms. The van der Waals surface area contributed by atoms with Gasteiger partial charge in [-0.2, -0.15) is 0 Å². The number of amides is 1. The van der Waals surface area contributed by atoms with Crippen LogP contribution in [-0.4, -0.2) is 17.5 Å². The lowest BCUT2D eigenvalue weighted by molar-refractivity contribution is -0.115. The molecule has 1 aromatic heterocycles. The normalized spacial score (nSPS) is 12.5. The van der Waals surface area contributed by atoms with Gasteiger partial charge in [-0.25, -0.2) is 13.8 Å². The number of thiazole rings is 1. The van der Waals surface area contributed by atoms with Gasteiger partial charge in [0.15, 0.2) is 5.13 Å². The van der Waals surface area contributed by atoms with E-state index in [4.69, 9.17) is 4.74 Å². The molecule has 0 spiro atoms. The zero-order valence-electron chi connectivity index (χ0n) is 13.6. The van der Waals surface area contributed by atoms with Gasteiger partial charge in [-0.3, -0.25) is 4.79 Å². The number of ether oxygens (including phenoxy) is 1. The molecule has 0 fully saturated rings. The molecular formula is C19H14F2N2O2S. The Morgan fingerprint density at radius 1 is 1.23 bits per heavy atom. The summed E-state index contributed by atoms with van der Waals surface area (Å²) in [4.78, 5) is 16.4. The van der Waals surface area contributed by atoms with Crippen molar-refractivity contribution in [3.8, 4) is 17.0 Å². The van der Waals surface area contributed by atoms with Crippen LogP contribution >= 0.6 is 11.3 Å². The topological polar surface area (TPSA) is 51.2 Å². The van der Waals surface area contributed by atoms with Gasteiger partial charge < -0.3 is 10.1 Å². The van der Waals surface area contributed by atoms with Crippen LogP contribution in [0.15, 0.2) is 41.8 Å². The molecule has 0 bridgehead atoms. The highest BCUT2D eigenvalue weighted by Crippen LogP contribution is 2.28. The van der Waals surface area contributed by atoms with E-state index in [0.29, 0.717) is 11.7 Å². The zero-order chi connectivity index (χ0) is 18.1. The van der Waals surface area contributed by atoms with Crippen molar-refractivity contribution in [1.29, 1.82) is 0 Å². The van der Waals surface area contributed by atoms with Gasteiger partial charge in [0.1, 0.15) is 17.4 Å². The van der Waals surface area contributed by atoms with Gasteiger partial charge in [-0.05, 0) is 35.4 Å². The summed E-state index contributed by atoms with van der Waals surface area (Å²) in [6, 6.07) is 8.90. The summed E-state index contributed by atoms with van der Waals surface area (Å²) >= 11 is 1.17. The summed E-state index contributed by atoms with van der Waals surface area (Å²) < 4.78 is 32.6. The molecule has 1 aliphatic rings. The van der Waals surface area contributed by atoms with Gasteiger partial charge in [-0.15, -0.1) is 11.3 Å². The second-order valence-corrected chi connectivity index (χ2v) is 6.79. The molecule has 0 radical (unpaired) electrons. The molecular weight excluding hydrogens is 358 g/mol. The number of rotatable bonds is 4. The number of aromatic nitrogens is 1. The first kappa shape index (κ1) is 16.7.